The normalized spacial score (nSPS) is 12.0. The number of aromatic nitrogens is 1. The van der Waals surface area contributed by atoms with Gasteiger partial charge in [0.05, 0.1) is 16.6 Å². The van der Waals surface area contributed by atoms with E-state index in [0.29, 0.717) is 13.0 Å². The summed E-state index contributed by atoms with van der Waals surface area (Å²) in [6, 6.07) is 8.24. The van der Waals surface area contributed by atoms with Crippen molar-refractivity contribution in [2.45, 2.75) is 26.8 Å². The number of thiazole rings is 1. The molecule has 0 bridgehead atoms. The largest absolute Gasteiger partial charge is 0.312 e. The molecule has 0 saturated carbocycles. The number of hydrogen-bond acceptors (Lipinski definition) is 3. The van der Waals surface area contributed by atoms with Crippen molar-refractivity contribution in [3.05, 3.63) is 63.1 Å². The van der Waals surface area contributed by atoms with Crippen molar-refractivity contribution in [2.75, 3.05) is 0 Å². The van der Waals surface area contributed by atoms with Crippen LogP contribution in [0, 0.1) is 13.8 Å². The summed E-state index contributed by atoms with van der Waals surface area (Å²) in [5, 5.41) is 1.98. The number of amides is 1. The lowest BCUT2D eigenvalue weighted by atomic mass is 10.1. The highest BCUT2D eigenvalue weighted by Gasteiger charge is 2.09. The van der Waals surface area contributed by atoms with Crippen LogP contribution in [0.2, 0.25) is 0 Å². The molecule has 0 aliphatic carbocycles. The molecule has 0 atom stereocenters. The van der Waals surface area contributed by atoms with Gasteiger partial charge in [-0.3, -0.25) is 4.79 Å². The molecule has 0 saturated heterocycles. The molecule has 0 aliphatic heterocycles. The molecule has 3 nitrogen and oxygen atoms in total. The van der Waals surface area contributed by atoms with Crippen molar-refractivity contribution >= 4 is 38.8 Å². The lowest BCUT2D eigenvalue weighted by Crippen LogP contribution is -2.16. The van der Waals surface area contributed by atoms with Gasteiger partial charge in [-0.1, -0.05) is 23.5 Å². The van der Waals surface area contributed by atoms with Crippen LogP contribution in [0.15, 0.2) is 47.3 Å². The van der Waals surface area contributed by atoms with E-state index in [9.17, 15) is 4.79 Å². The predicted octanol–water partition coefficient (Wildman–Crippen LogP) is 4.24. The second-order valence-electron chi connectivity index (χ2n) is 5.45. The molecule has 1 amide bonds. The quantitative estimate of drug-likeness (QED) is 0.653. The molecular weight excluding hydrogens is 324 g/mol. The molecular formula is C18H18N2OS2. The molecule has 2 heterocycles. The Morgan fingerprint density at radius 3 is 2.83 bits per heavy atom. The second-order valence-corrected chi connectivity index (χ2v) is 7.49. The highest BCUT2D eigenvalue weighted by Crippen LogP contribution is 2.22. The van der Waals surface area contributed by atoms with E-state index in [4.69, 9.17) is 0 Å². The SMILES string of the molecule is C=CCn1c(=NC(=O)Cc2cccs2)sc2cc(C)c(C)cc21. The van der Waals surface area contributed by atoms with Crippen molar-refractivity contribution in [3.8, 4) is 0 Å². The highest BCUT2D eigenvalue weighted by atomic mass is 32.1. The van der Waals surface area contributed by atoms with E-state index in [2.05, 4.69) is 42.1 Å². The van der Waals surface area contributed by atoms with Gasteiger partial charge in [-0.15, -0.1) is 17.9 Å². The Balaban J connectivity index is 2.08. The Bertz CT molecular complexity index is 930. The second kappa shape index (κ2) is 6.64. The Morgan fingerprint density at radius 2 is 2.13 bits per heavy atom. The maximum atomic E-state index is 12.3. The number of aryl methyl sites for hydroxylation is 2. The van der Waals surface area contributed by atoms with Crippen LogP contribution in [0.25, 0.3) is 10.2 Å². The summed E-state index contributed by atoms with van der Waals surface area (Å²) in [5.41, 5.74) is 3.60. The highest BCUT2D eigenvalue weighted by molar-refractivity contribution is 7.16. The zero-order valence-electron chi connectivity index (χ0n) is 13.2. The van der Waals surface area contributed by atoms with Crippen molar-refractivity contribution in [1.29, 1.82) is 0 Å². The Morgan fingerprint density at radius 1 is 1.35 bits per heavy atom. The van der Waals surface area contributed by atoms with Crippen molar-refractivity contribution in [3.63, 3.8) is 0 Å². The zero-order chi connectivity index (χ0) is 16.4. The molecule has 23 heavy (non-hydrogen) atoms. The summed E-state index contributed by atoms with van der Waals surface area (Å²) in [6.07, 6.45) is 2.20. The summed E-state index contributed by atoms with van der Waals surface area (Å²) in [4.78, 5) is 18.4. The van der Waals surface area contributed by atoms with Gasteiger partial charge < -0.3 is 4.57 Å². The minimum atomic E-state index is -0.106. The number of fused-ring (bicyclic) bond motifs is 1. The van der Waals surface area contributed by atoms with Gasteiger partial charge in [0.2, 0.25) is 0 Å². The Kier molecular flexibility index (Phi) is 4.59. The van der Waals surface area contributed by atoms with Crippen LogP contribution < -0.4 is 4.80 Å². The summed E-state index contributed by atoms with van der Waals surface area (Å²) in [5.74, 6) is -0.106. The smallest absolute Gasteiger partial charge is 0.253 e. The number of nitrogens with zero attached hydrogens (tertiary/aromatic N) is 2. The molecule has 0 spiro atoms. The number of hydrogen-bond donors (Lipinski definition) is 0. The fourth-order valence-corrected chi connectivity index (χ4v) is 4.25. The van der Waals surface area contributed by atoms with Gasteiger partial charge in [0, 0.05) is 11.4 Å². The average Bonchev–Trinajstić information content (AvgIpc) is 3.10. The molecule has 0 aliphatic rings. The molecule has 0 fully saturated rings. The predicted molar refractivity (Wildman–Crippen MR) is 98.1 cm³/mol. The molecule has 1 aromatic carbocycles. The van der Waals surface area contributed by atoms with Crippen LogP contribution in [0.1, 0.15) is 16.0 Å². The van der Waals surface area contributed by atoms with E-state index >= 15 is 0 Å². The van der Waals surface area contributed by atoms with Gasteiger partial charge in [-0.2, -0.15) is 4.99 Å². The van der Waals surface area contributed by atoms with E-state index in [1.54, 1.807) is 22.7 Å². The molecule has 0 radical (unpaired) electrons. The molecule has 0 N–H and O–H groups in total. The third kappa shape index (κ3) is 3.35. The average molecular weight is 342 g/mol. The molecule has 5 heteroatoms. The van der Waals surface area contributed by atoms with Crippen molar-refractivity contribution in [1.82, 2.24) is 4.57 Å². The van der Waals surface area contributed by atoms with Crippen LogP contribution in [0.3, 0.4) is 0 Å². The Hall–Kier alpha value is -1.98. The molecule has 118 valence electrons. The first kappa shape index (κ1) is 15.9. The topological polar surface area (TPSA) is 34.4 Å². The number of benzene rings is 1. The number of rotatable bonds is 4. The molecule has 3 aromatic rings. The third-order valence-electron chi connectivity index (χ3n) is 3.74. The van der Waals surface area contributed by atoms with Gasteiger partial charge in [0.25, 0.3) is 5.91 Å². The van der Waals surface area contributed by atoms with Crippen LogP contribution in [-0.4, -0.2) is 10.5 Å². The van der Waals surface area contributed by atoms with Gasteiger partial charge >= 0.3 is 0 Å². The van der Waals surface area contributed by atoms with Crippen molar-refractivity contribution in [2.24, 2.45) is 4.99 Å². The van der Waals surface area contributed by atoms with Crippen LogP contribution in [0.5, 0.6) is 0 Å². The zero-order valence-corrected chi connectivity index (χ0v) is 14.8. The van der Waals surface area contributed by atoms with Gasteiger partial charge in [-0.05, 0) is 48.6 Å². The fraction of sp³-hybridized carbons (Fsp3) is 0.222. The standard InChI is InChI=1S/C18H18N2OS2/c1-4-7-20-15-9-12(2)13(3)10-16(15)23-18(20)19-17(21)11-14-6-5-8-22-14/h4-6,8-10H,1,7,11H2,2-3H3. The minimum Gasteiger partial charge on any atom is -0.312 e. The summed E-state index contributed by atoms with van der Waals surface area (Å²) in [7, 11) is 0. The van der Waals surface area contributed by atoms with Gasteiger partial charge in [0.1, 0.15) is 0 Å². The first-order chi connectivity index (χ1) is 11.1. The van der Waals surface area contributed by atoms with Crippen molar-refractivity contribution < 1.29 is 4.79 Å². The molecule has 3 rings (SSSR count). The summed E-state index contributed by atoms with van der Waals surface area (Å²) < 4.78 is 3.21. The van der Waals surface area contributed by atoms with E-state index in [0.717, 1.165) is 19.9 Å². The number of carbonyl (C=O) groups is 1. The van der Waals surface area contributed by atoms with E-state index in [1.807, 2.05) is 23.6 Å². The maximum absolute atomic E-state index is 12.3. The Labute approximate surface area is 143 Å². The maximum Gasteiger partial charge on any atom is 0.253 e. The van der Waals surface area contributed by atoms with Crippen LogP contribution >= 0.6 is 22.7 Å². The van der Waals surface area contributed by atoms with Crippen LogP contribution in [-0.2, 0) is 17.8 Å². The third-order valence-corrected chi connectivity index (χ3v) is 5.65. The monoisotopic (exact) mass is 342 g/mol. The van der Waals surface area contributed by atoms with Gasteiger partial charge in [0.15, 0.2) is 4.80 Å². The molecule has 2 aromatic heterocycles. The number of allylic oxidation sites excluding steroid dienone is 1. The van der Waals surface area contributed by atoms with E-state index < -0.39 is 0 Å². The lowest BCUT2D eigenvalue weighted by Gasteiger charge is -2.03. The lowest BCUT2D eigenvalue weighted by molar-refractivity contribution is -0.117. The van der Waals surface area contributed by atoms with E-state index in [1.165, 1.54) is 11.1 Å². The first-order valence-corrected chi connectivity index (χ1v) is 9.09. The fourth-order valence-electron chi connectivity index (χ4n) is 2.42. The first-order valence-electron chi connectivity index (χ1n) is 7.40. The number of thiophene rings is 1. The number of carbonyl (C=O) groups excluding carboxylic acids is 1. The summed E-state index contributed by atoms with van der Waals surface area (Å²) in [6.45, 7) is 8.67. The van der Waals surface area contributed by atoms with Crippen LogP contribution in [0.4, 0.5) is 0 Å². The summed E-state index contributed by atoms with van der Waals surface area (Å²) >= 11 is 3.14. The minimum absolute atomic E-state index is 0.106. The van der Waals surface area contributed by atoms with Gasteiger partial charge in [-0.25, -0.2) is 0 Å². The van der Waals surface area contributed by atoms with E-state index in [-0.39, 0.29) is 5.91 Å². The molecule has 0 unspecified atom stereocenters.